The molecule has 0 aromatic rings. The maximum Gasteiger partial charge on any atom is 0.303 e. The fourth-order valence-corrected chi connectivity index (χ4v) is 0.792. The Morgan fingerprint density at radius 2 is 1.21 bits per heavy atom. The first kappa shape index (κ1) is 12.5. The Morgan fingerprint density at radius 3 is 1.43 bits per heavy atom. The summed E-state index contributed by atoms with van der Waals surface area (Å²) in [5.74, 6) is 4.53. The van der Waals surface area contributed by atoms with Gasteiger partial charge in [0.05, 0.1) is 0 Å². The van der Waals surface area contributed by atoms with E-state index < -0.39 is 12.2 Å². The van der Waals surface area contributed by atoms with Crippen LogP contribution in [-0.2, 0) is 19.1 Å². The molecule has 0 N–H and O–H groups in total. The standard InChI is InChI=1S/C10H14O4/c1-7(13-9(3)11)5-6-8(2)14-10(4)12/h7-8H,1-4H3. The summed E-state index contributed by atoms with van der Waals surface area (Å²) in [6.45, 7) is 5.92. The summed E-state index contributed by atoms with van der Waals surface area (Å²) in [4.78, 5) is 21.0. The highest BCUT2D eigenvalue weighted by Crippen LogP contribution is 1.92. The van der Waals surface area contributed by atoms with Crippen molar-refractivity contribution in [3.63, 3.8) is 0 Å². The van der Waals surface area contributed by atoms with Crippen molar-refractivity contribution in [2.24, 2.45) is 0 Å². The minimum Gasteiger partial charge on any atom is -0.450 e. The molecule has 0 saturated heterocycles. The first-order valence-corrected chi connectivity index (χ1v) is 4.27. The van der Waals surface area contributed by atoms with E-state index in [0.717, 1.165) is 0 Å². The molecule has 4 nitrogen and oxygen atoms in total. The molecule has 0 bridgehead atoms. The highest BCUT2D eigenvalue weighted by Gasteiger charge is 2.02. The summed E-state index contributed by atoms with van der Waals surface area (Å²) in [5, 5.41) is 0. The van der Waals surface area contributed by atoms with Gasteiger partial charge in [-0.2, -0.15) is 0 Å². The number of rotatable bonds is 2. The van der Waals surface area contributed by atoms with Crippen molar-refractivity contribution in [3.05, 3.63) is 0 Å². The van der Waals surface area contributed by atoms with Crippen molar-refractivity contribution in [1.82, 2.24) is 0 Å². The van der Waals surface area contributed by atoms with Crippen LogP contribution in [0.15, 0.2) is 0 Å². The summed E-state index contributed by atoms with van der Waals surface area (Å²) >= 11 is 0. The number of esters is 2. The fraction of sp³-hybridized carbons (Fsp3) is 0.600. The zero-order valence-electron chi connectivity index (χ0n) is 8.79. The molecule has 14 heavy (non-hydrogen) atoms. The normalized spacial score (nSPS) is 13.1. The third-order valence-corrected chi connectivity index (χ3v) is 1.18. The SMILES string of the molecule is CC(=O)OC(C)C#CC(C)OC(C)=O. The quantitative estimate of drug-likeness (QED) is 0.488. The molecule has 0 aliphatic heterocycles. The third kappa shape index (κ3) is 7.17. The van der Waals surface area contributed by atoms with Gasteiger partial charge < -0.3 is 9.47 Å². The molecule has 2 unspecified atom stereocenters. The van der Waals surface area contributed by atoms with Crippen LogP contribution in [0.1, 0.15) is 27.7 Å². The van der Waals surface area contributed by atoms with E-state index in [1.54, 1.807) is 13.8 Å². The van der Waals surface area contributed by atoms with Gasteiger partial charge >= 0.3 is 11.9 Å². The van der Waals surface area contributed by atoms with Gasteiger partial charge in [0, 0.05) is 13.8 Å². The lowest BCUT2D eigenvalue weighted by Gasteiger charge is -2.05. The van der Waals surface area contributed by atoms with Crippen LogP contribution in [0.4, 0.5) is 0 Å². The van der Waals surface area contributed by atoms with Crippen LogP contribution in [0, 0.1) is 11.8 Å². The molecule has 78 valence electrons. The average Bonchev–Trinajstić information content (AvgIpc) is 1.98. The van der Waals surface area contributed by atoms with Crippen LogP contribution >= 0.6 is 0 Å². The lowest BCUT2D eigenvalue weighted by atomic mass is 10.3. The number of carbonyl (C=O) groups is 2. The van der Waals surface area contributed by atoms with Crippen molar-refractivity contribution in [3.8, 4) is 11.8 Å². The molecule has 0 aliphatic carbocycles. The van der Waals surface area contributed by atoms with E-state index in [1.165, 1.54) is 13.8 Å². The summed E-state index contributed by atoms with van der Waals surface area (Å²) in [6.07, 6.45) is -0.962. The van der Waals surface area contributed by atoms with Crippen LogP contribution in [-0.4, -0.2) is 24.1 Å². The van der Waals surface area contributed by atoms with E-state index in [4.69, 9.17) is 9.47 Å². The maximum absolute atomic E-state index is 10.5. The average molecular weight is 198 g/mol. The molecular formula is C10H14O4. The molecule has 0 aromatic carbocycles. The van der Waals surface area contributed by atoms with Crippen LogP contribution < -0.4 is 0 Å². The van der Waals surface area contributed by atoms with Crippen molar-refractivity contribution < 1.29 is 19.1 Å². The van der Waals surface area contributed by atoms with Crippen LogP contribution in [0.5, 0.6) is 0 Å². The zero-order chi connectivity index (χ0) is 11.1. The van der Waals surface area contributed by atoms with Gasteiger partial charge in [-0.05, 0) is 13.8 Å². The fourth-order valence-electron chi connectivity index (χ4n) is 0.792. The Morgan fingerprint density at radius 1 is 0.929 bits per heavy atom. The number of hydrogen-bond donors (Lipinski definition) is 0. The Hall–Kier alpha value is -1.50. The molecule has 0 amide bonds. The molecule has 0 aliphatic rings. The molecule has 0 fully saturated rings. The molecule has 2 atom stereocenters. The van der Waals surface area contributed by atoms with Crippen molar-refractivity contribution in [2.75, 3.05) is 0 Å². The van der Waals surface area contributed by atoms with Crippen LogP contribution in [0.2, 0.25) is 0 Å². The lowest BCUT2D eigenvalue weighted by Crippen LogP contribution is -2.13. The van der Waals surface area contributed by atoms with Crippen molar-refractivity contribution >= 4 is 11.9 Å². The van der Waals surface area contributed by atoms with Gasteiger partial charge in [-0.15, -0.1) is 0 Å². The van der Waals surface area contributed by atoms with Gasteiger partial charge in [0.15, 0.2) is 12.2 Å². The summed E-state index contributed by atoms with van der Waals surface area (Å²) in [5.41, 5.74) is 0. The Kier molecular flexibility index (Phi) is 5.38. The predicted molar refractivity (Wildman–Crippen MR) is 50.2 cm³/mol. The van der Waals surface area contributed by atoms with E-state index >= 15 is 0 Å². The smallest absolute Gasteiger partial charge is 0.303 e. The van der Waals surface area contributed by atoms with Crippen LogP contribution in [0.25, 0.3) is 0 Å². The van der Waals surface area contributed by atoms with Gasteiger partial charge in [0.1, 0.15) is 0 Å². The second-order valence-electron chi connectivity index (χ2n) is 2.79. The monoisotopic (exact) mass is 198 g/mol. The third-order valence-electron chi connectivity index (χ3n) is 1.18. The lowest BCUT2D eigenvalue weighted by molar-refractivity contribution is -0.144. The first-order valence-electron chi connectivity index (χ1n) is 4.27. The van der Waals surface area contributed by atoms with Crippen molar-refractivity contribution in [1.29, 1.82) is 0 Å². The highest BCUT2D eigenvalue weighted by atomic mass is 16.5. The van der Waals surface area contributed by atoms with E-state index in [9.17, 15) is 9.59 Å². The molecular weight excluding hydrogens is 184 g/mol. The van der Waals surface area contributed by atoms with Crippen LogP contribution in [0.3, 0.4) is 0 Å². The second kappa shape index (κ2) is 6.03. The molecule has 4 heteroatoms. The molecule has 0 radical (unpaired) electrons. The Balaban J connectivity index is 4.01. The molecule has 0 saturated carbocycles. The largest absolute Gasteiger partial charge is 0.450 e. The summed E-state index contributed by atoms with van der Waals surface area (Å²) in [6, 6.07) is 0. The number of carbonyl (C=O) groups excluding carboxylic acids is 2. The van der Waals surface area contributed by atoms with Crippen molar-refractivity contribution in [2.45, 2.75) is 39.9 Å². The number of ether oxygens (including phenoxy) is 2. The summed E-state index contributed by atoms with van der Waals surface area (Å²) < 4.78 is 9.51. The Bertz CT molecular complexity index is 246. The maximum atomic E-state index is 10.5. The first-order chi connectivity index (χ1) is 6.41. The molecule has 0 rings (SSSR count). The highest BCUT2D eigenvalue weighted by molar-refractivity contribution is 5.67. The van der Waals surface area contributed by atoms with Gasteiger partial charge in [-0.1, -0.05) is 11.8 Å². The molecule has 0 spiro atoms. The molecule has 0 heterocycles. The number of hydrogen-bond acceptors (Lipinski definition) is 4. The van der Waals surface area contributed by atoms with E-state index in [-0.39, 0.29) is 11.9 Å². The summed E-state index contributed by atoms with van der Waals surface area (Å²) in [7, 11) is 0. The van der Waals surface area contributed by atoms with E-state index in [0.29, 0.717) is 0 Å². The van der Waals surface area contributed by atoms with E-state index in [2.05, 4.69) is 11.8 Å². The zero-order valence-corrected chi connectivity index (χ0v) is 8.79. The Labute approximate surface area is 83.6 Å². The predicted octanol–water partition coefficient (Wildman–Crippen LogP) is 0.893. The van der Waals surface area contributed by atoms with Gasteiger partial charge in [-0.3, -0.25) is 9.59 Å². The topological polar surface area (TPSA) is 52.6 Å². The minimum atomic E-state index is -0.481. The second-order valence-corrected chi connectivity index (χ2v) is 2.79. The minimum absolute atomic E-state index is 0.382. The van der Waals surface area contributed by atoms with Gasteiger partial charge in [0.25, 0.3) is 0 Å². The van der Waals surface area contributed by atoms with Gasteiger partial charge in [-0.25, -0.2) is 0 Å². The van der Waals surface area contributed by atoms with E-state index in [1.807, 2.05) is 0 Å². The molecule has 0 aromatic heterocycles. The van der Waals surface area contributed by atoms with Gasteiger partial charge in [0.2, 0.25) is 0 Å².